The van der Waals surface area contributed by atoms with E-state index in [0.717, 1.165) is 16.7 Å². The summed E-state index contributed by atoms with van der Waals surface area (Å²) in [6, 6.07) is 8.79. The van der Waals surface area contributed by atoms with Crippen molar-refractivity contribution in [3.8, 4) is 16.9 Å². The minimum Gasteiger partial charge on any atom is -0.350 e. The maximum Gasteiger partial charge on any atom is 0.355 e. The Balaban J connectivity index is 1.81. The van der Waals surface area contributed by atoms with Crippen LogP contribution in [0.4, 0.5) is 14.6 Å². The number of nitrogens with two attached hydrogens (primary N) is 1. The van der Waals surface area contributed by atoms with Gasteiger partial charge in [-0.15, -0.1) is 0 Å². The summed E-state index contributed by atoms with van der Waals surface area (Å²) in [5.74, 6) is -1.83. The number of primary sulfonamides is 1. The Morgan fingerprint density at radius 3 is 2.55 bits per heavy atom. The van der Waals surface area contributed by atoms with Gasteiger partial charge in [-0.1, -0.05) is 18.7 Å². The number of rotatable bonds is 5. The number of amides is 1. The molecule has 0 spiro atoms. The van der Waals surface area contributed by atoms with Crippen molar-refractivity contribution in [3.05, 3.63) is 83.4 Å². The summed E-state index contributed by atoms with van der Waals surface area (Å²) in [5, 5.41) is 4.79. The van der Waals surface area contributed by atoms with Crippen LogP contribution in [-0.2, 0) is 14.8 Å². The predicted molar refractivity (Wildman–Crippen MR) is 143 cm³/mol. The fourth-order valence-corrected chi connectivity index (χ4v) is 5.42. The van der Waals surface area contributed by atoms with Gasteiger partial charge < -0.3 is 9.80 Å². The number of benzene rings is 1. The molecule has 1 aliphatic heterocycles. The molecule has 0 bridgehead atoms. The topological polar surface area (TPSA) is 144 Å². The second kappa shape index (κ2) is 10.2. The average molecular weight is 568 g/mol. The summed E-state index contributed by atoms with van der Waals surface area (Å²) >= 11 is 0. The molecule has 5 rings (SSSR count). The third kappa shape index (κ3) is 4.71. The first-order chi connectivity index (χ1) is 19.0. The minimum atomic E-state index is -4.42. The highest BCUT2D eigenvalue weighted by atomic mass is 32.2. The molecule has 1 fully saturated rings. The molecule has 14 heteroatoms. The number of hydrogen-bond donors (Lipinski definition) is 1. The number of aromatic nitrogens is 4. The molecule has 1 atom stereocenters. The molecular formula is C26H23F2N7O4S. The largest absolute Gasteiger partial charge is 0.355 e. The molecule has 1 aliphatic rings. The van der Waals surface area contributed by atoms with Crippen LogP contribution in [0, 0.1) is 11.6 Å². The highest BCUT2D eigenvalue weighted by Gasteiger charge is 2.31. The molecule has 0 radical (unpaired) electrons. The zero-order chi connectivity index (χ0) is 28.8. The number of anilines is 1. The molecule has 206 valence electrons. The number of nitrogens with zero attached hydrogens (tertiary/aromatic N) is 6. The molecule has 0 saturated carbocycles. The maximum absolute atomic E-state index is 15.6. The lowest BCUT2D eigenvalue weighted by molar-refractivity contribution is -0.126. The number of hydrogen-bond acceptors (Lipinski definition) is 8. The number of carbonyl (C=O) groups is 1. The average Bonchev–Trinajstić information content (AvgIpc) is 2.92. The standard InChI is InChI=1S/C26H23F2N7O4S/c1-3-21(36)33-11-12-34(15(2)14-33)23-17-13-19(28)22(16-7-4-5-8-18(16)27)31-24(17)35(26(37)32-23)20-9-6-10-30-25(20)40(29,38)39/h3-10,13,15H,1,11-12,14H2,2H3,(H2,29,38,39)/t15-/m0/s1. The molecule has 0 unspecified atom stereocenters. The van der Waals surface area contributed by atoms with E-state index in [1.807, 2.05) is 0 Å². The van der Waals surface area contributed by atoms with Gasteiger partial charge in [0.2, 0.25) is 5.91 Å². The van der Waals surface area contributed by atoms with Gasteiger partial charge in [-0.3, -0.25) is 4.79 Å². The smallest absolute Gasteiger partial charge is 0.350 e. The molecule has 4 heterocycles. The van der Waals surface area contributed by atoms with Gasteiger partial charge in [0.25, 0.3) is 10.0 Å². The van der Waals surface area contributed by atoms with Crippen molar-refractivity contribution in [1.29, 1.82) is 0 Å². The molecule has 11 nitrogen and oxygen atoms in total. The summed E-state index contributed by atoms with van der Waals surface area (Å²) in [7, 11) is -4.42. The Labute approximate surface area is 227 Å². The first kappa shape index (κ1) is 27.0. The number of fused-ring (bicyclic) bond motifs is 1. The molecule has 4 aromatic rings. The van der Waals surface area contributed by atoms with Crippen LogP contribution in [0.3, 0.4) is 0 Å². The van der Waals surface area contributed by atoms with Crippen molar-refractivity contribution in [2.45, 2.75) is 18.0 Å². The number of sulfonamides is 1. The number of halogens is 2. The summed E-state index contributed by atoms with van der Waals surface area (Å²) in [4.78, 5) is 41.4. The lowest BCUT2D eigenvalue weighted by Crippen LogP contribution is -2.54. The SMILES string of the molecule is C=CC(=O)N1CCN(c2nc(=O)n(-c3cccnc3S(N)(=O)=O)c3nc(-c4ccccc4F)c(F)cc23)[C@@H](C)C1. The van der Waals surface area contributed by atoms with Crippen LogP contribution in [-0.4, -0.2) is 64.4 Å². The summed E-state index contributed by atoms with van der Waals surface area (Å²) in [6.45, 7) is 6.12. The van der Waals surface area contributed by atoms with Gasteiger partial charge in [0.15, 0.2) is 10.7 Å². The van der Waals surface area contributed by atoms with E-state index < -0.39 is 38.1 Å². The predicted octanol–water partition coefficient (Wildman–Crippen LogP) is 1.99. The van der Waals surface area contributed by atoms with Crippen molar-refractivity contribution in [2.24, 2.45) is 5.14 Å². The van der Waals surface area contributed by atoms with Crippen molar-refractivity contribution in [3.63, 3.8) is 0 Å². The van der Waals surface area contributed by atoms with Crippen LogP contribution < -0.4 is 15.7 Å². The monoisotopic (exact) mass is 567 g/mol. The van der Waals surface area contributed by atoms with Gasteiger partial charge >= 0.3 is 5.69 Å². The molecule has 1 saturated heterocycles. The Kier molecular flexibility index (Phi) is 6.89. The van der Waals surface area contributed by atoms with Crippen LogP contribution in [0.5, 0.6) is 0 Å². The van der Waals surface area contributed by atoms with E-state index in [-0.39, 0.29) is 59.7 Å². The Hall–Kier alpha value is -4.56. The quantitative estimate of drug-likeness (QED) is 0.361. The van der Waals surface area contributed by atoms with Crippen LogP contribution in [0.2, 0.25) is 0 Å². The zero-order valence-electron chi connectivity index (χ0n) is 21.2. The fraction of sp³-hybridized carbons (Fsp3) is 0.192. The Morgan fingerprint density at radius 1 is 1.12 bits per heavy atom. The maximum atomic E-state index is 15.6. The lowest BCUT2D eigenvalue weighted by atomic mass is 10.1. The molecular weight excluding hydrogens is 544 g/mol. The van der Waals surface area contributed by atoms with Gasteiger partial charge in [-0.2, -0.15) is 4.98 Å². The van der Waals surface area contributed by atoms with Gasteiger partial charge in [0.1, 0.15) is 23.1 Å². The number of carbonyl (C=O) groups excluding carboxylic acids is 1. The Morgan fingerprint density at radius 2 is 1.88 bits per heavy atom. The van der Waals surface area contributed by atoms with Gasteiger partial charge in [-0.25, -0.2) is 41.7 Å². The van der Waals surface area contributed by atoms with E-state index in [0.29, 0.717) is 0 Å². The van der Waals surface area contributed by atoms with E-state index >= 15 is 4.39 Å². The molecule has 2 N–H and O–H groups in total. The highest BCUT2D eigenvalue weighted by Crippen LogP contribution is 2.32. The zero-order valence-corrected chi connectivity index (χ0v) is 22.0. The van der Waals surface area contributed by atoms with Crippen molar-refractivity contribution in [2.75, 3.05) is 24.5 Å². The second-order valence-corrected chi connectivity index (χ2v) is 10.6. The van der Waals surface area contributed by atoms with Crippen LogP contribution in [0.1, 0.15) is 6.92 Å². The summed E-state index contributed by atoms with van der Waals surface area (Å²) in [5.41, 5.74) is -1.96. The van der Waals surface area contributed by atoms with Crippen molar-refractivity contribution in [1.82, 2.24) is 24.4 Å². The Bertz CT molecular complexity index is 1850. The number of piperazine rings is 1. The summed E-state index contributed by atoms with van der Waals surface area (Å²) in [6.07, 6.45) is 2.39. The van der Waals surface area contributed by atoms with Crippen LogP contribution in [0.15, 0.2) is 71.1 Å². The van der Waals surface area contributed by atoms with E-state index in [9.17, 15) is 22.4 Å². The number of pyridine rings is 2. The molecule has 1 amide bonds. The third-order valence-corrected chi connectivity index (χ3v) is 7.43. The summed E-state index contributed by atoms with van der Waals surface area (Å²) < 4.78 is 55.8. The van der Waals surface area contributed by atoms with E-state index in [1.165, 1.54) is 42.6 Å². The first-order valence-corrected chi connectivity index (χ1v) is 13.6. The normalized spacial score (nSPS) is 15.8. The van der Waals surface area contributed by atoms with Gasteiger partial charge in [-0.05, 0) is 43.3 Å². The fourth-order valence-electron chi connectivity index (χ4n) is 4.76. The third-order valence-electron chi connectivity index (χ3n) is 6.58. The van der Waals surface area contributed by atoms with E-state index in [4.69, 9.17) is 5.14 Å². The molecule has 1 aromatic carbocycles. The highest BCUT2D eigenvalue weighted by molar-refractivity contribution is 7.89. The minimum absolute atomic E-state index is 0.0526. The second-order valence-electron chi connectivity index (χ2n) is 9.13. The van der Waals surface area contributed by atoms with Crippen LogP contribution >= 0.6 is 0 Å². The van der Waals surface area contributed by atoms with Crippen molar-refractivity contribution >= 4 is 32.8 Å². The molecule has 3 aromatic heterocycles. The molecule has 40 heavy (non-hydrogen) atoms. The van der Waals surface area contributed by atoms with Gasteiger partial charge in [0.05, 0.1) is 11.1 Å². The van der Waals surface area contributed by atoms with Crippen LogP contribution in [0.25, 0.3) is 28.0 Å². The molecule has 0 aliphatic carbocycles. The lowest BCUT2D eigenvalue weighted by Gasteiger charge is -2.40. The van der Waals surface area contributed by atoms with E-state index in [1.54, 1.807) is 16.7 Å². The van der Waals surface area contributed by atoms with E-state index in [2.05, 4.69) is 21.5 Å². The van der Waals surface area contributed by atoms with Crippen molar-refractivity contribution < 1.29 is 22.0 Å². The van der Waals surface area contributed by atoms with Gasteiger partial charge in [0, 0.05) is 37.4 Å². The first-order valence-electron chi connectivity index (χ1n) is 12.1.